The van der Waals surface area contributed by atoms with Gasteiger partial charge in [0.05, 0.1) is 6.10 Å². The Morgan fingerprint density at radius 1 is 0.667 bits per heavy atom. The summed E-state index contributed by atoms with van der Waals surface area (Å²) in [6.07, 6.45) is 21.9. The molecule has 1 aliphatic heterocycles. The third kappa shape index (κ3) is 9.79. The minimum absolute atomic E-state index is 0.158. The third-order valence-corrected chi connectivity index (χ3v) is 6.42. The van der Waals surface area contributed by atoms with Crippen molar-refractivity contribution >= 4 is 0 Å². The van der Waals surface area contributed by atoms with Crippen molar-refractivity contribution in [2.45, 2.75) is 161 Å². The number of nitrogens with zero attached hydrogens (tertiary/aromatic N) is 1. The van der Waals surface area contributed by atoms with Crippen LogP contribution in [-0.2, 0) is 4.84 Å². The minimum atomic E-state index is 0.158. The molecule has 0 bridgehead atoms. The molecule has 0 aromatic heterocycles. The van der Waals surface area contributed by atoms with Crippen molar-refractivity contribution in [1.29, 1.82) is 0 Å². The highest BCUT2D eigenvalue weighted by Crippen LogP contribution is 2.39. The van der Waals surface area contributed by atoms with E-state index in [1.54, 1.807) is 0 Å². The van der Waals surface area contributed by atoms with Crippen molar-refractivity contribution in [3.05, 3.63) is 0 Å². The van der Waals surface area contributed by atoms with E-state index in [1.807, 2.05) is 0 Å². The van der Waals surface area contributed by atoms with Crippen LogP contribution in [0.25, 0.3) is 0 Å². The average Bonchev–Trinajstić information content (AvgIpc) is 2.59. The summed E-state index contributed by atoms with van der Waals surface area (Å²) in [6.45, 7) is 14.0. The molecule has 2 nitrogen and oxygen atoms in total. The van der Waals surface area contributed by atoms with Gasteiger partial charge in [-0.3, -0.25) is 4.84 Å². The summed E-state index contributed by atoms with van der Waals surface area (Å²) < 4.78 is 0. The minimum Gasteiger partial charge on any atom is -0.295 e. The summed E-state index contributed by atoms with van der Waals surface area (Å²) in [7, 11) is 0. The second-order valence-corrected chi connectivity index (χ2v) is 10.3. The Labute approximate surface area is 171 Å². The second-order valence-electron chi connectivity index (χ2n) is 10.3. The second kappa shape index (κ2) is 13.2. The highest BCUT2D eigenvalue weighted by Gasteiger charge is 2.43. The van der Waals surface area contributed by atoms with Crippen LogP contribution in [0.5, 0.6) is 0 Å². The Morgan fingerprint density at radius 3 is 1.63 bits per heavy atom. The first-order valence-corrected chi connectivity index (χ1v) is 12.3. The van der Waals surface area contributed by atoms with Crippen molar-refractivity contribution in [2.24, 2.45) is 0 Å². The van der Waals surface area contributed by atoms with E-state index in [0.29, 0.717) is 6.10 Å². The molecule has 0 aromatic rings. The molecule has 1 heterocycles. The average molecular weight is 382 g/mol. The third-order valence-electron chi connectivity index (χ3n) is 6.42. The molecule has 0 radical (unpaired) electrons. The molecule has 0 N–H and O–H groups in total. The maximum Gasteiger partial charge on any atom is 0.0793 e. The van der Waals surface area contributed by atoms with Gasteiger partial charge in [0, 0.05) is 11.1 Å². The molecule has 0 amide bonds. The van der Waals surface area contributed by atoms with Crippen LogP contribution >= 0.6 is 0 Å². The van der Waals surface area contributed by atoms with Gasteiger partial charge in [0.2, 0.25) is 0 Å². The largest absolute Gasteiger partial charge is 0.295 e. The number of piperidine rings is 1. The lowest BCUT2D eigenvalue weighted by molar-refractivity contribution is -0.306. The summed E-state index contributed by atoms with van der Waals surface area (Å²) >= 11 is 0. The van der Waals surface area contributed by atoms with E-state index < -0.39 is 0 Å². The number of unbranched alkanes of at least 4 members (excludes halogenated alkanes) is 9. The van der Waals surface area contributed by atoms with Gasteiger partial charge in [0.25, 0.3) is 0 Å². The smallest absolute Gasteiger partial charge is 0.0793 e. The van der Waals surface area contributed by atoms with Crippen LogP contribution in [-0.4, -0.2) is 22.2 Å². The van der Waals surface area contributed by atoms with Crippen LogP contribution in [0, 0.1) is 0 Å². The van der Waals surface area contributed by atoms with Crippen molar-refractivity contribution in [1.82, 2.24) is 5.06 Å². The number of rotatable bonds is 15. The zero-order valence-electron chi connectivity index (χ0n) is 19.7. The molecule has 0 aromatic carbocycles. The van der Waals surface area contributed by atoms with Crippen molar-refractivity contribution in [3.8, 4) is 0 Å². The molecule has 1 fully saturated rings. The van der Waals surface area contributed by atoms with E-state index in [2.05, 4.69) is 46.6 Å². The van der Waals surface area contributed by atoms with E-state index in [0.717, 1.165) is 0 Å². The molecule has 1 aliphatic rings. The Morgan fingerprint density at radius 2 is 1.15 bits per heavy atom. The fourth-order valence-corrected chi connectivity index (χ4v) is 4.84. The van der Waals surface area contributed by atoms with Crippen LogP contribution in [0.4, 0.5) is 0 Å². The molecule has 2 heteroatoms. The maximum atomic E-state index is 6.68. The maximum absolute atomic E-state index is 6.68. The monoisotopic (exact) mass is 381 g/mol. The summed E-state index contributed by atoms with van der Waals surface area (Å²) in [6, 6.07) is 0. The van der Waals surface area contributed by atoms with Gasteiger partial charge in [0.15, 0.2) is 0 Å². The molecule has 0 saturated carbocycles. The quantitative estimate of drug-likeness (QED) is 0.264. The molecule has 1 atom stereocenters. The fourth-order valence-electron chi connectivity index (χ4n) is 4.84. The van der Waals surface area contributed by atoms with Gasteiger partial charge in [-0.15, -0.1) is 0 Å². The first-order valence-electron chi connectivity index (χ1n) is 12.3. The number of hydrogen-bond acceptors (Lipinski definition) is 2. The van der Waals surface area contributed by atoms with E-state index in [4.69, 9.17) is 4.84 Å². The van der Waals surface area contributed by atoms with Gasteiger partial charge in [-0.1, -0.05) is 84.5 Å². The lowest BCUT2D eigenvalue weighted by atomic mass is 9.82. The fraction of sp³-hybridized carbons (Fsp3) is 1.00. The molecular formula is C25H51NO. The predicted molar refractivity (Wildman–Crippen MR) is 120 cm³/mol. The SMILES string of the molecule is CCCCCCCCCCCCC(CCC)ON1C(C)(C)CCCC1(C)C. The van der Waals surface area contributed by atoms with Crippen LogP contribution < -0.4 is 0 Å². The van der Waals surface area contributed by atoms with E-state index in [-0.39, 0.29) is 11.1 Å². The van der Waals surface area contributed by atoms with E-state index >= 15 is 0 Å². The standard InChI is InChI=1S/C25H51NO/c1-7-9-10-11-12-13-14-15-16-17-20-23(19-8-2)27-26-24(3,4)21-18-22-25(26,5)6/h23H,7-22H2,1-6H3. The summed E-state index contributed by atoms with van der Waals surface area (Å²) in [5, 5.41) is 2.38. The molecule has 162 valence electrons. The Hall–Kier alpha value is -0.0800. The molecule has 0 aliphatic carbocycles. The van der Waals surface area contributed by atoms with Crippen molar-refractivity contribution in [3.63, 3.8) is 0 Å². The van der Waals surface area contributed by atoms with Crippen molar-refractivity contribution < 1.29 is 4.84 Å². The Balaban J connectivity index is 2.27. The van der Waals surface area contributed by atoms with Gasteiger partial charge in [-0.05, 0) is 59.8 Å². The van der Waals surface area contributed by atoms with Gasteiger partial charge >= 0.3 is 0 Å². The summed E-state index contributed by atoms with van der Waals surface area (Å²) in [5.41, 5.74) is 0.317. The van der Waals surface area contributed by atoms with E-state index in [9.17, 15) is 0 Å². The number of hydrogen-bond donors (Lipinski definition) is 0. The van der Waals surface area contributed by atoms with Gasteiger partial charge in [0.1, 0.15) is 0 Å². The van der Waals surface area contributed by atoms with E-state index in [1.165, 1.54) is 103 Å². The van der Waals surface area contributed by atoms with Crippen LogP contribution in [0.15, 0.2) is 0 Å². The molecular weight excluding hydrogens is 330 g/mol. The summed E-state index contributed by atoms with van der Waals surface area (Å²) in [5.74, 6) is 0. The Kier molecular flexibility index (Phi) is 12.2. The molecule has 1 saturated heterocycles. The van der Waals surface area contributed by atoms with Gasteiger partial charge < -0.3 is 0 Å². The summed E-state index contributed by atoms with van der Waals surface area (Å²) in [4.78, 5) is 6.68. The highest BCUT2D eigenvalue weighted by molar-refractivity contribution is 4.93. The first-order chi connectivity index (χ1) is 12.8. The topological polar surface area (TPSA) is 12.5 Å². The lowest BCUT2D eigenvalue weighted by Crippen LogP contribution is -2.59. The first kappa shape index (κ1) is 25.0. The molecule has 1 rings (SSSR count). The molecule has 0 spiro atoms. The Bertz CT molecular complexity index is 347. The zero-order valence-corrected chi connectivity index (χ0v) is 19.7. The molecule has 1 unspecified atom stereocenters. The zero-order chi connectivity index (χ0) is 20.2. The number of hydroxylamine groups is 2. The van der Waals surface area contributed by atoms with Crippen molar-refractivity contribution in [2.75, 3.05) is 0 Å². The predicted octanol–water partition coefficient (Wildman–Crippen LogP) is 8.44. The van der Waals surface area contributed by atoms with Crippen LogP contribution in [0.3, 0.4) is 0 Å². The van der Waals surface area contributed by atoms with Gasteiger partial charge in [-0.25, -0.2) is 0 Å². The molecule has 27 heavy (non-hydrogen) atoms. The normalized spacial score (nSPS) is 20.7. The lowest BCUT2D eigenvalue weighted by Gasteiger charge is -2.52. The van der Waals surface area contributed by atoms with Gasteiger partial charge in [-0.2, -0.15) is 5.06 Å². The van der Waals surface area contributed by atoms with Crippen LogP contribution in [0.1, 0.15) is 144 Å². The highest BCUT2D eigenvalue weighted by atomic mass is 16.7. The van der Waals surface area contributed by atoms with Crippen LogP contribution in [0.2, 0.25) is 0 Å².